The quantitative estimate of drug-likeness (QED) is 0.0742. The van der Waals surface area contributed by atoms with Crippen LogP contribution in [0.15, 0.2) is 17.5 Å². The number of hydrogen-bond acceptors (Lipinski definition) is 4. The van der Waals surface area contributed by atoms with Crippen molar-refractivity contribution in [1.82, 2.24) is 0 Å². The van der Waals surface area contributed by atoms with Gasteiger partial charge < -0.3 is 9.94 Å². The molecular formula is C26H51NO4. The molecule has 0 amide bonds. The van der Waals surface area contributed by atoms with Crippen molar-refractivity contribution in [1.29, 1.82) is 0 Å². The van der Waals surface area contributed by atoms with E-state index in [1.165, 1.54) is 96.3 Å². The van der Waals surface area contributed by atoms with Crippen molar-refractivity contribution in [3.8, 4) is 0 Å². The van der Waals surface area contributed by atoms with Crippen LogP contribution in [0.5, 0.6) is 0 Å². The van der Waals surface area contributed by atoms with E-state index in [1.54, 1.807) is 0 Å². The molecule has 0 saturated carbocycles. The van der Waals surface area contributed by atoms with Crippen LogP contribution in [0.2, 0.25) is 0 Å². The summed E-state index contributed by atoms with van der Waals surface area (Å²) in [5.74, 6) is -0.664. The molecule has 0 aromatic carbocycles. The smallest absolute Gasteiger partial charge is 0.303 e. The third kappa shape index (κ3) is 36.3. The molecule has 0 fully saturated rings. The zero-order chi connectivity index (χ0) is 23.3. The number of carboxylic acid groups (broad SMARTS) is 1. The Morgan fingerprint density at radius 1 is 0.677 bits per heavy atom. The van der Waals surface area contributed by atoms with Crippen LogP contribution in [0.1, 0.15) is 142 Å². The highest BCUT2D eigenvalue weighted by Gasteiger charge is 1.96. The van der Waals surface area contributed by atoms with Gasteiger partial charge in [-0.2, -0.15) is 0 Å². The van der Waals surface area contributed by atoms with Crippen LogP contribution in [-0.4, -0.2) is 17.7 Å². The van der Waals surface area contributed by atoms with Gasteiger partial charge in [0.2, 0.25) is 0 Å². The largest absolute Gasteiger partial charge is 0.481 e. The second-order valence-corrected chi connectivity index (χ2v) is 8.40. The third-order valence-corrected chi connectivity index (χ3v) is 5.29. The summed E-state index contributed by atoms with van der Waals surface area (Å²) in [5.41, 5.74) is 0. The second-order valence-electron chi connectivity index (χ2n) is 8.40. The van der Waals surface area contributed by atoms with Crippen LogP contribution in [0.3, 0.4) is 0 Å². The average molecular weight is 442 g/mol. The molecule has 0 bridgehead atoms. The lowest BCUT2D eigenvalue weighted by Crippen LogP contribution is -1.93. The minimum atomic E-state index is -0.664. The first-order valence-corrected chi connectivity index (χ1v) is 13.0. The number of carbonyl (C=O) groups is 1. The molecular weight excluding hydrogens is 390 g/mol. The molecule has 31 heavy (non-hydrogen) atoms. The Hall–Kier alpha value is -1.39. The summed E-state index contributed by atoms with van der Waals surface area (Å²) < 4.78 is 0. The number of allylic oxidation sites excluding steroid dienone is 2. The Kier molecular flexibility index (Phi) is 31.6. The fourth-order valence-corrected chi connectivity index (χ4v) is 3.33. The van der Waals surface area contributed by atoms with E-state index in [-0.39, 0.29) is 0 Å². The van der Waals surface area contributed by atoms with Crippen LogP contribution in [0.25, 0.3) is 0 Å². The van der Waals surface area contributed by atoms with E-state index in [1.807, 2.05) is 0 Å². The van der Waals surface area contributed by atoms with E-state index in [0.717, 1.165) is 25.7 Å². The Bertz CT molecular complexity index is 386. The summed E-state index contributed by atoms with van der Waals surface area (Å²) in [6.45, 7) is 4.93. The number of hydrogen-bond donors (Lipinski definition) is 1. The summed E-state index contributed by atoms with van der Waals surface area (Å²) in [6.07, 6.45) is 28.5. The van der Waals surface area contributed by atoms with Crippen molar-refractivity contribution in [2.45, 2.75) is 142 Å². The average Bonchev–Trinajstić information content (AvgIpc) is 2.76. The highest BCUT2D eigenvalue weighted by atomic mass is 16.7. The van der Waals surface area contributed by atoms with Gasteiger partial charge in [0.05, 0.1) is 0 Å². The van der Waals surface area contributed by atoms with Crippen molar-refractivity contribution in [3.05, 3.63) is 17.1 Å². The van der Waals surface area contributed by atoms with E-state index in [9.17, 15) is 9.70 Å². The summed E-state index contributed by atoms with van der Waals surface area (Å²) in [6, 6.07) is 0. The fraction of sp³-hybridized carbons (Fsp3) is 0.885. The Morgan fingerprint density at radius 3 is 1.55 bits per heavy atom. The summed E-state index contributed by atoms with van der Waals surface area (Å²) >= 11 is 0. The van der Waals surface area contributed by atoms with Crippen molar-refractivity contribution in [3.63, 3.8) is 0 Å². The lowest BCUT2D eigenvalue weighted by atomic mass is 10.1. The maximum atomic E-state index is 10.3. The van der Waals surface area contributed by atoms with Crippen LogP contribution in [0, 0.1) is 4.91 Å². The maximum absolute atomic E-state index is 10.3. The van der Waals surface area contributed by atoms with Crippen LogP contribution < -0.4 is 0 Å². The SMILES string of the molecule is CCCCCCCC/C=C\CCCCCCCC(=O)O.CCCCCCCCON=O. The van der Waals surface area contributed by atoms with Crippen molar-refractivity contribution < 1.29 is 14.7 Å². The van der Waals surface area contributed by atoms with Crippen LogP contribution in [-0.2, 0) is 9.63 Å². The first-order valence-electron chi connectivity index (χ1n) is 13.0. The molecule has 0 spiro atoms. The Balaban J connectivity index is 0. The van der Waals surface area contributed by atoms with Gasteiger partial charge in [-0.3, -0.25) is 4.79 Å². The van der Waals surface area contributed by atoms with Gasteiger partial charge in [0.15, 0.2) is 5.34 Å². The van der Waals surface area contributed by atoms with Gasteiger partial charge in [-0.15, -0.1) is 4.91 Å². The molecule has 0 aromatic rings. The number of unbranched alkanes of at least 4 members (excludes halogenated alkanes) is 16. The minimum Gasteiger partial charge on any atom is -0.481 e. The maximum Gasteiger partial charge on any atom is 0.303 e. The van der Waals surface area contributed by atoms with Crippen LogP contribution in [0.4, 0.5) is 0 Å². The molecule has 0 heterocycles. The molecule has 0 unspecified atom stereocenters. The fourth-order valence-electron chi connectivity index (χ4n) is 3.33. The molecule has 0 aliphatic carbocycles. The number of aliphatic carboxylic acids is 1. The Morgan fingerprint density at radius 2 is 1.10 bits per heavy atom. The van der Waals surface area contributed by atoms with E-state index < -0.39 is 5.97 Å². The predicted octanol–water partition coefficient (Wildman–Crippen LogP) is 9.15. The van der Waals surface area contributed by atoms with Gasteiger partial charge in [-0.25, -0.2) is 0 Å². The molecule has 0 radical (unpaired) electrons. The minimum absolute atomic E-state index is 0.332. The van der Waals surface area contributed by atoms with Crippen molar-refractivity contribution >= 4 is 5.97 Å². The zero-order valence-corrected chi connectivity index (χ0v) is 20.6. The number of nitrogens with zero attached hydrogens (tertiary/aromatic N) is 1. The normalized spacial score (nSPS) is 10.6. The third-order valence-electron chi connectivity index (χ3n) is 5.29. The molecule has 0 atom stereocenters. The van der Waals surface area contributed by atoms with E-state index in [4.69, 9.17) is 5.11 Å². The first kappa shape index (κ1) is 31.8. The molecule has 0 saturated heterocycles. The highest BCUT2D eigenvalue weighted by molar-refractivity contribution is 5.66. The predicted molar refractivity (Wildman–Crippen MR) is 132 cm³/mol. The lowest BCUT2D eigenvalue weighted by molar-refractivity contribution is -0.137. The summed E-state index contributed by atoms with van der Waals surface area (Å²) in [4.78, 5) is 24.1. The molecule has 0 rings (SSSR count). The van der Waals surface area contributed by atoms with Gasteiger partial charge in [0.25, 0.3) is 0 Å². The van der Waals surface area contributed by atoms with Gasteiger partial charge in [-0.1, -0.05) is 103 Å². The molecule has 184 valence electrons. The van der Waals surface area contributed by atoms with E-state index in [2.05, 4.69) is 36.2 Å². The molecule has 0 aliphatic heterocycles. The van der Waals surface area contributed by atoms with Crippen molar-refractivity contribution in [2.75, 3.05) is 6.61 Å². The number of carboxylic acids is 1. The van der Waals surface area contributed by atoms with Gasteiger partial charge in [0.1, 0.15) is 6.61 Å². The second kappa shape index (κ2) is 30.8. The standard InChI is InChI=1S/C18H34O2.C8H17NO2/c1-2-3-4-5-6-7-8-9-10-11-12-13-14-15-16-17-18(19)20;1-2-3-4-5-6-7-8-11-9-10/h9-10H,2-8,11-17H2,1H3,(H,19,20);2-8H2,1H3/b10-9-;. The zero-order valence-electron chi connectivity index (χ0n) is 20.6. The summed E-state index contributed by atoms with van der Waals surface area (Å²) in [5, 5.41) is 10.8. The molecule has 5 nitrogen and oxygen atoms in total. The van der Waals surface area contributed by atoms with Gasteiger partial charge >= 0.3 is 5.97 Å². The lowest BCUT2D eigenvalue weighted by Gasteiger charge is -1.99. The molecule has 0 aliphatic rings. The first-order chi connectivity index (χ1) is 15.2. The van der Waals surface area contributed by atoms with E-state index >= 15 is 0 Å². The van der Waals surface area contributed by atoms with Crippen LogP contribution >= 0.6 is 0 Å². The summed E-state index contributed by atoms with van der Waals surface area (Å²) in [7, 11) is 0. The molecule has 0 aromatic heterocycles. The number of rotatable bonds is 23. The van der Waals surface area contributed by atoms with E-state index in [0.29, 0.717) is 13.0 Å². The monoisotopic (exact) mass is 441 g/mol. The molecule has 1 N–H and O–H groups in total. The van der Waals surface area contributed by atoms with Gasteiger partial charge in [0, 0.05) is 6.42 Å². The van der Waals surface area contributed by atoms with Gasteiger partial charge in [-0.05, 0) is 44.9 Å². The highest BCUT2D eigenvalue weighted by Crippen LogP contribution is 2.10. The Labute approximate surface area is 192 Å². The van der Waals surface area contributed by atoms with Crippen molar-refractivity contribution in [2.24, 2.45) is 5.34 Å². The topological polar surface area (TPSA) is 76.0 Å². The molecule has 5 heteroatoms.